The largest absolute Gasteiger partial charge is 0.383 e. The number of hydrogen-bond acceptors (Lipinski definition) is 4. The Morgan fingerprint density at radius 1 is 1.33 bits per heavy atom. The molecule has 0 fully saturated rings. The highest BCUT2D eigenvalue weighted by Gasteiger charge is 2.14. The molecule has 2 rings (SSSR count). The molecule has 0 bridgehead atoms. The third kappa shape index (κ3) is 3.74. The molecular weight excluding hydrogens is 226 g/mol. The van der Waals surface area contributed by atoms with Crippen LogP contribution in [-0.2, 0) is 11.3 Å². The van der Waals surface area contributed by atoms with Gasteiger partial charge in [-0.1, -0.05) is 30.3 Å². The van der Waals surface area contributed by atoms with E-state index in [1.807, 2.05) is 6.07 Å². The molecule has 0 radical (unpaired) electrons. The SMILES string of the molecule is COCCN1CCCN=C1NCc1ccccc1. The fourth-order valence-electron chi connectivity index (χ4n) is 2.02. The Kier molecular flexibility index (Phi) is 5.02. The van der Waals surface area contributed by atoms with Crippen molar-refractivity contribution in [3.05, 3.63) is 35.9 Å². The van der Waals surface area contributed by atoms with Crippen molar-refractivity contribution in [1.29, 1.82) is 0 Å². The number of nitrogens with one attached hydrogen (secondary N) is 1. The Hall–Kier alpha value is -1.55. The summed E-state index contributed by atoms with van der Waals surface area (Å²) in [6.07, 6.45) is 1.13. The lowest BCUT2D eigenvalue weighted by atomic mass is 10.2. The lowest BCUT2D eigenvalue weighted by Crippen LogP contribution is -2.45. The number of guanidine groups is 1. The van der Waals surface area contributed by atoms with Gasteiger partial charge in [-0.2, -0.15) is 0 Å². The van der Waals surface area contributed by atoms with Crippen LogP contribution in [0.25, 0.3) is 0 Å². The molecule has 0 saturated heterocycles. The highest BCUT2D eigenvalue weighted by Crippen LogP contribution is 2.03. The van der Waals surface area contributed by atoms with Crippen LogP contribution in [0.1, 0.15) is 12.0 Å². The van der Waals surface area contributed by atoms with Gasteiger partial charge in [0.25, 0.3) is 0 Å². The van der Waals surface area contributed by atoms with Crippen LogP contribution < -0.4 is 5.32 Å². The molecule has 0 spiro atoms. The van der Waals surface area contributed by atoms with E-state index in [9.17, 15) is 0 Å². The summed E-state index contributed by atoms with van der Waals surface area (Å²) in [7, 11) is 1.73. The molecule has 0 amide bonds. The average molecular weight is 247 g/mol. The summed E-state index contributed by atoms with van der Waals surface area (Å²) in [6.45, 7) is 4.44. The maximum Gasteiger partial charge on any atom is 0.194 e. The second-order valence-corrected chi connectivity index (χ2v) is 4.38. The average Bonchev–Trinajstić information content (AvgIpc) is 2.45. The van der Waals surface area contributed by atoms with E-state index in [2.05, 4.69) is 39.5 Å². The van der Waals surface area contributed by atoms with Gasteiger partial charge < -0.3 is 15.0 Å². The molecule has 4 heteroatoms. The fourth-order valence-corrected chi connectivity index (χ4v) is 2.02. The minimum absolute atomic E-state index is 0.742. The van der Waals surface area contributed by atoms with E-state index in [1.54, 1.807) is 7.11 Å². The minimum Gasteiger partial charge on any atom is -0.383 e. The Balaban J connectivity index is 1.87. The van der Waals surface area contributed by atoms with E-state index < -0.39 is 0 Å². The molecule has 1 N–H and O–H groups in total. The summed E-state index contributed by atoms with van der Waals surface area (Å²) in [6, 6.07) is 10.4. The zero-order valence-corrected chi connectivity index (χ0v) is 10.9. The summed E-state index contributed by atoms with van der Waals surface area (Å²) < 4.78 is 5.13. The predicted octanol–water partition coefficient (Wildman–Crippen LogP) is 1.48. The molecule has 1 aromatic carbocycles. The molecule has 1 aliphatic heterocycles. The molecule has 4 nitrogen and oxygen atoms in total. The van der Waals surface area contributed by atoms with Gasteiger partial charge in [0.15, 0.2) is 5.96 Å². The number of benzene rings is 1. The van der Waals surface area contributed by atoms with Crippen LogP contribution in [-0.4, -0.2) is 44.2 Å². The first-order valence-corrected chi connectivity index (χ1v) is 6.46. The first kappa shape index (κ1) is 12.9. The summed E-state index contributed by atoms with van der Waals surface area (Å²) in [5.74, 6) is 1.00. The van der Waals surface area contributed by atoms with E-state index in [4.69, 9.17) is 4.74 Å². The standard InChI is InChI=1S/C14H21N3O/c1-18-11-10-17-9-5-8-15-14(17)16-12-13-6-3-2-4-7-13/h2-4,6-7H,5,8-12H2,1H3,(H,15,16). The van der Waals surface area contributed by atoms with E-state index in [0.29, 0.717) is 0 Å². The Bertz CT molecular complexity index is 378. The first-order valence-electron chi connectivity index (χ1n) is 6.46. The lowest BCUT2D eigenvalue weighted by Gasteiger charge is -2.29. The Morgan fingerprint density at radius 2 is 2.17 bits per heavy atom. The van der Waals surface area contributed by atoms with Gasteiger partial charge in [0, 0.05) is 33.3 Å². The number of hydrogen-bond donors (Lipinski definition) is 1. The van der Waals surface area contributed by atoms with Crippen LogP contribution >= 0.6 is 0 Å². The van der Waals surface area contributed by atoms with Crippen molar-refractivity contribution >= 4 is 5.96 Å². The normalized spacial score (nSPS) is 15.4. The van der Waals surface area contributed by atoms with Gasteiger partial charge in [0.05, 0.1) is 6.61 Å². The fraction of sp³-hybridized carbons (Fsp3) is 0.500. The molecule has 18 heavy (non-hydrogen) atoms. The molecule has 0 aromatic heterocycles. The zero-order chi connectivity index (χ0) is 12.6. The van der Waals surface area contributed by atoms with Crippen molar-refractivity contribution in [3.63, 3.8) is 0 Å². The summed E-state index contributed by atoms with van der Waals surface area (Å²) >= 11 is 0. The van der Waals surface area contributed by atoms with Crippen LogP contribution in [0.5, 0.6) is 0 Å². The van der Waals surface area contributed by atoms with Crippen molar-refractivity contribution in [2.24, 2.45) is 4.99 Å². The molecule has 0 atom stereocenters. The maximum atomic E-state index is 5.13. The molecular formula is C14H21N3O. The van der Waals surface area contributed by atoms with Crippen LogP contribution in [0.2, 0.25) is 0 Å². The number of methoxy groups -OCH3 is 1. The van der Waals surface area contributed by atoms with Crippen molar-refractivity contribution in [2.75, 3.05) is 33.4 Å². The van der Waals surface area contributed by atoms with Crippen molar-refractivity contribution in [2.45, 2.75) is 13.0 Å². The summed E-state index contributed by atoms with van der Waals surface area (Å²) in [5.41, 5.74) is 1.28. The summed E-state index contributed by atoms with van der Waals surface area (Å²) in [5, 5.41) is 3.42. The van der Waals surface area contributed by atoms with Gasteiger partial charge in [-0.15, -0.1) is 0 Å². The minimum atomic E-state index is 0.742. The second kappa shape index (κ2) is 7.01. The smallest absolute Gasteiger partial charge is 0.194 e. The molecule has 1 heterocycles. The monoisotopic (exact) mass is 247 g/mol. The number of ether oxygens (including phenoxy) is 1. The van der Waals surface area contributed by atoms with Crippen LogP contribution in [0, 0.1) is 0 Å². The van der Waals surface area contributed by atoms with E-state index in [0.717, 1.165) is 45.2 Å². The molecule has 0 unspecified atom stereocenters. The van der Waals surface area contributed by atoms with Crippen molar-refractivity contribution < 1.29 is 4.74 Å². The van der Waals surface area contributed by atoms with Gasteiger partial charge in [0.2, 0.25) is 0 Å². The van der Waals surface area contributed by atoms with Crippen molar-refractivity contribution in [3.8, 4) is 0 Å². The number of nitrogens with zero attached hydrogens (tertiary/aromatic N) is 2. The second-order valence-electron chi connectivity index (χ2n) is 4.38. The van der Waals surface area contributed by atoms with E-state index >= 15 is 0 Å². The highest BCUT2D eigenvalue weighted by atomic mass is 16.5. The third-order valence-electron chi connectivity index (χ3n) is 3.01. The molecule has 98 valence electrons. The van der Waals surface area contributed by atoms with Gasteiger partial charge in [-0.05, 0) is 12.0 Å². The van der Waals surface area contributed by atoms with Gasteiger partial charge in [0.1, 0.15) is 0 Å². The molecule has 1 aromatic rings. The molecule has 1 aliphatic rings. The lowest BCUT2D eigenvalue weighted by molar-refractivity contribution is 0.172. The molecule has 0 aliphatic carbocycles. The molecule has 0 saturated carbocycles. The summed E-state index contributed by atoms with van der Waals surface area (Å²) in [4.78, 5) is 6.81. The van der Waals surface area contributed by atoms with Crippen molar-refractivity contribution in [1.82, 2.24) is 10.2 Å². The first-order chi connectivity index (χ1) is 8.90. The van der Waals surface area contributed by atoms with Crippen LogP contribution in [0.15, 0.2) is 35.3 Å². The Morgan fingerprint density at radius 3 is 2.94 bits per heavy atom. The topological polar surface area (TPSA) is 36.9 Å². The van der Waals surface area contributed by atoms with Gasteiger partial charge >= 0.3 is 0 Å². The van der Waals surface area contributed by atoms with Crippen LogP contribution in [0.3, 0.4) is 0 Å². The number of aliphatic imine (C=N–C) groups is 1. The van der Waals surface area contributed by atoms with Crippen LogP contribution in [0.4, 0.5) is 0 Å². The van der Waals surface area contributed by atoms with E-state index in [1.165, 1.54) is 5.56 Å². The zero-order valence-electron chi connectivity index (χ0n) is 10.9. The van der Waals surface area contributed by atoms with Gasteiger partial charge in [-0.3, -0.25) is 4.99 Å². The highest BCUT2D eigenvalue weighted by molar-refractivity contribution is 5.80. The van der Waals surface area contributed by atoms with E-state index in [-0.39, 0.29) is 0 Å². The number of rotatable bonds is 5. The van der Waals surface area contributed by atoms with Gasteiger partial charge in [-0.25, -0.2) is 0 Å². The maximum absolute atomic E-state index is 5.13. The quantitative estimate of drug-likeness (QED) is 0.856. The third-order valence-corrected chi connectivity index (χ3v) is 3.01. The predicted molar refractivity (Wildman–Crippen MR) is 73.6 cm³/mol. The Labute approximate surface area is 109 Å².